The molecule has 2 N–H and O–H groups in total. The Morgan fingerprint density at radius 2 is 2.00 bits per heavy atom. The number of nitrogen functional groups attached to an aromatic ring is 1. The molecule has 0 heterocycles. The number of anilines is 1. The minimum Gasteiger partial charge on any atom is -0.497 e. The average Bonchev–Trinajstić information content (AvgIpc) is 2.49. The minimum atomic E-state index is -0.441. The van der Waals surface area contributed by atoms with Crippen molar-refractivity contribution < 1.29 is 14.3 Å². The van der Waals surface area contributed by atoms with Crippen LogP contribution in [-0.2, 0) is 11.3 Å². The molecule has 0 unspecified atom stereocenters. The molecule has 0 radical (unpaired) electrons. The molecule has 0 aromatic heterocycles. The zero-order valence-electron chi connectivity index (χ0n) is 11.2. The summed E-state index contributed by atoms with van der Waals surface area (Å²) < 4.78 is 11.9. The van der Waals surface area contributed by atoms with Crippen molar-refractivity contribution in [3.8, 4) is 5.75 Å². The average molecular weight is 415 g/mol. The SMILES string of the molecule is COc1ccc(Br)c(COC(=O)c2cccc(N)c2Br)c1. The fourth-order valence-corrected chi connectivity index (χ4v) is 2.50. The molecule has 0 spiro atoms. The second-order valence-corrected chi connectivity index (χ2v) is 5.89. The van der Waals surface area contributed by atoms with Gasteiger partial charge in [-0.2, -0.15) is 0 Å². The summed E-state index contributed by atoms with van der Waals surface area (Å²) in [6.45, 7) is 0.137. The standard InChI is InChI=1S/C15H13Br2NO3/c1-20-10-5-6-12(16)9(7-10)8-21-15(19)11-3-2-4-13(18)14(11)17/h2-7H,8,18H2,1H3. The van der Waals surface area contributed by atoms with Crippen molar-refractivity contribution in [2.24, 2.45) is 0 Å². The first kappa shape index (κ1) is 15.9. The molecule has 110 valence electrons. The number of halogens is 2. The van der Waals surface area contributed by atoms with Crippen molar-refractivity contribution in [1.29, 1.82) is 0 Å². The third kappa shape index (κ3) is 3.77. The van der Waals surface area contributed by atoms with Gasteiger partial charge in [-0.25, -0.2) is 4.79 Å². The molecule has 6 heteroatoms. The van der Waals surface area contributed by atoms with Gasteiger partial charge in [-0.3, -0.25) is 0 Å². The number of nitrogens with two attached hydrogens (primary N) is 1. The minimum absolute atomic E-state index is 0.137. The van der Waals surface area contributed by atoms with Crippen LogP contribution in [0.15, 0.2) is 45.3 Å². The van der Waals surface area contributed by atoms with Crippen LogP contribution in [0.1, 0.15) is 15.9 Å². The second kappa shape index (κ2) is 6.95. The van der Waals surface area contributed by atoms with Gasteiger partial charge in [-0.05, 0) is 46.3 Å². The van der Waals surface area contributed by atoms with E-state index in [4.69, 9.17) is 15.2 Å². The van der Waals surface area contributed by atoms with E-state index in [0.29, 0.717) is 21.5 Å². The number of methoxy groups -OCH3 is 1. The number of carbonyl (C=O) groups excluding carboxylic acids is 1. The molecule has 0 aliphatic carbocycles. The number of hydrogen-bond donors (Lipinski definition) is 1. The van der Waals surface area contributed by atoms with Crippen molar-refractivity contribution in [1.82, 2.24) is 0 Å². The fourth-order valence-electron chi connectivity index (χ4n) is 1.72. The number of benzene rings is 2. The van der Waals surface area contributed by atoms with Gasteiger partial charge in [0, 0.05) is 15.7 Å². The number of ether oxygens (including phenoxy) is 2. The van der Waals surface area contributed by atoms with Crippen LogP contribution in [0.3, 0.4) is 0 Å². The first-order valence-electron chi connectivity index (χ1n) is 6.06. The van der Waals surface area contributed by atoms with E-state index in [1.165, 1.54) is 0 Å². The summed E-state index contributed by atoms with van der Waals surface area (Å²) in [5.74, 6) is 0.262. The van der Waals surface area contributed by atoms with Crippen molar-refractivity contribution in [3.05, 3.63) is 56.5 Å². The summed E-state index contributed by atoms with van der Waals surface area (Å²) >= 11 is 6.71. The molecule has 2 aromatic carbocycles. The number of carbonyl (C=O) groups is 1. The van der Waals surface area contributed by atoms with Crippen LogP contribution < -0.4 is 10.5 Å². The maximum absolute atomic E-state index is 12.1. The van der Waals surface area contributed by atoms with E-state index in [9.17, 15) is 4.79 Å². The fraction of sp³-hybridized carbons (Fsp3) is 0.133. The van der Waals surface area contributed by atoms with Crippen LogP contribution in [0.4, 0.5) is 5.69 Å². The molecular weight excluding hydrogens is 402 g/mol. The smallest absolute Gasteiger partial charge is 0.339 e. The summed E-state index contributed by atoms with van der Waals surface area (Å²) in [5.41, 5.74) is 7.46. The maximum Gasteiger partial charge on any atom is 0.339 e. The van der Waals surface area contributed by atoms with E-state index in [1.54, 1.807) is 25.3 Å². The Hall–Kier alpha value is -1.53. The Labute approximate surface area is 139 Å². The molecular formula is C15H13Br2NO3. The predicted molar refractivity (Wildman–Crippen MR) is 88.4 cm³/mol. The summed E-state index contributed by atoms with van der Waals surface area (Å²) in [6.07, 6.45) is 0. The summed E-state index contributed by atoms with van der Waals surface area (Å²) in [7, 11) is 1.59. The molecule has 4 nitrogen and oxygen atoms in total. The van der Waals surface area contributed by atoms with Crippen LogP contribution in [0.25, 0.3) is 0 Å². The first-order valence-corrected chi connectivity index (χ1v) is 7.65. The molecule has 0 aliphatic heterocycles. The molecule has 21 heavy (non-hydrogen) atoms. The number of rotatable bonds is 4. The largest absolute Gasteiger partial charge is 0.497 e. The molecule has 2 rings (SSSR count). The molecule has 0 amide bonds. The van der Waals surface area contributed by atoms with E-state index < -0.39 is 5.97 Å². The highest BCUT2D eigenvalue weighted by molar-refractivity contribution is 9.11. The topological polar surface area (TPSA) is 61.5 Å². The Balaban J connectivity index is 2.13. The van der Waals surface area contributed by atoms with Crippen molar-refractivity contribution in [2.75, 3.05) is 12.8 Å². The number of hydrogen-bond acceptors (Lipinski definition) is 4. The van der Waals surface area contributed by atoms with E-state index in [2.05, 4.69) is 31.9 Å². The van der Waals surface area contributed by atoms with Gasteiger partial charge >= 0.3 is 5.97 Å². The second-order valence-electron chi connectivity index (χ2n) is 4.24. The zero-order chi connectivity index (χ0) is 15.4. The molecule has 0 saturated heterocycles. The summed E-state index contributed by atoms with van der Waals surface area (Å²) in [5, 5.41) is 0. The van der Waals surface area contributed by atoms with Crippen LogP contribution in [-0.4, -0.2) is 13.1 Å². The third-order valence-corrected chi connectivity index (χ3v) is 4.52. The Morgan fingerprint density at radius 3 is 2.71 bits per heavy atom. The van der Waals surface area contributed by atoms with E-state index in [1.807, 2.05) is 18.2 Å². The molecule has 0 saturated carbocycles. The van der Waals surface area contributed by atoms with Crippen molar-refractivity contribution >= 4 is 43.5 Å². The number of esters is 1. The van der Waals surface area contributed by atoms with Crippen molar-refractivity contribution in [2.45, 2.75) is 6.61 Å². The zero-order valence-corrected chi connectivity index (χ0v) is 14.4. The van der Waals surface area contributed by atoms with Gasteiger partial charge in [0.25, 0.3) is 0 Å². The molecule has 2 aromatic rings. The molecule has 0 fully saturated rings. The Morgan fingerprint density at radius 1 is 1.24 bits per heavy atom. The maximum atomic E-state index is 12.1. The Bertz CT molecular complexity index is 674. The highest BCUT2D eigenvalue weighted by atomic mass is 79.9. The Kier molecular flexibility index (Phi) is 5.25. The van der Waals surface area contributed by atoms with E-state index in [-0.39, 0.29) is 6.61 Å². The monoisotopic (exact) mass is 413 g/mol. The van der Waals surface area contributed by atoms with Gasteiger partial charge in [-0.1, -0.05) is 22.0 Å². The highest BCUT2D eigenvalue weighted by Gasteiger charge is 2.14. The van der Waals surface area contributed by atoms with Gasteiger partial charge in [0.1, 0.15) is 12.4 Å². The summed E-state index contributed by atoms with van der Waals surface area (Å²) in [6, 6.07) is 10.6. The van der Waals surface area contributed by atoms with Crippen LogP contribution in [0.2, 0.25) is 0 Å². The highest BCUT2D eigenvalue weighted by Crippen LogP contribution is 2.26. The van der Waals surface area contributed by atoms with Gasteiger partial charge in [0.15, 0.2) is 0 Å². The van der Waals surface area contributed by atoms with Crippen LogP contribution in [0, 0.1) is 0 Å². The van der Waals surface area contributed by atoms with Crippen LogP contribution >= 0.6 is 31.9 Å². The van der Waals surface area contributed by atoms with Gasteiger partial charge < -0.3 is 15.2 Å². The molecule has 0 atom stereocenters. The van der Waals surface area contributed by atoms with Crippen molar-refractivity contribution in [3.63, 3.8) is 0 Å². The lowest BCUT2D eigenvalue weighted by Gasteiger charge is -2.10. The summed E-state index contributed by atoms with van der Waals surface area (Å²) in [4.78, 5) is 12.1. The lowest BCUT2D eigenvalue weighted by atomic mass is 10.2. The molecule has 0 bridgehead atoms. The predicted octanol–water partition coefficient (Wildman–Crippen LogP) is 4.16. The molecule has 0 aliphatic rings. The quantitative estimate of drug-likeness (QED) is 0.602. The lowest BCUT2D eigenvalue weighted by Crippen LogP contribution is -2.07. The first-order chi connectivity index (χ1) is 10.0. The van der Waals surface area contributed by atoms with Gasteiger partial charge in [0.05, 0.1) is 17.1 Å². The normalized spacial score (nSPS) is 10.2. The van der Waals surface area contributed by atoms with Crippen LogP contribution in [0.5, 0.6) is 5.75 Å². The van der Waals surface area contributed by atoms with Gasteiger partial charge in [0.2, 0.25) is 0 Å². The van der Waals surface area contributed by atoms with Gasteiger partial charge in [-0.15, -0.1) is 0 Å². The lowest BCUT2D eigenvalue weighted by molar-refractivity contribution is 0.0470. The van der Waals surface area contributed by atoms with E-state index >= 15 is 0 Å². The third-order valence-electron chi connectivity index (χ3n) is 2.86. The van der Waals surface area contributed by atoms with E-state index in [0.717, 1.165) is 10.0 Å².